The molecule has 6 nitrogen and oxygen atoms in total. The van der Waals surface area contributed by atoms with E-state index in [0.29, 0.717) is 19.3 Å². The minimum atomic E-state index is -0.799. The largest absolute Gasteiger partial charge is 0.462 e. The molecule has 0 fully saturated rings. The summed E-state index contributed by atoms with van der Waals surface area (Å²) >= 11 is 0. The molecular weight excluding hydrogens is 781 g/mol. The smallest absolute Gasteiger partial charge is 0.306 e. The highest BCUT2D eigenvalue weighted by atomic mass is 16.6. The molecule has 0 aromatic rings. The molecule has 0 spiro atoms. The Morgan fingerprint density at radius 1 is 0.333 bits per heavy atom. The van der Waals surface area contributed by atoms with Crippen LogP contribution in [0.25, 0.3) is 0 Å². The third-order valence-electron chi connectivity index (χ3n) is 11.2. The maximum absolute atomic E-state index is 12.8. The van der Waals surface area contributed by atoms with Gasteiger partial charge in [-0.2, -0.15) is 0 Å². The molecule has 0 saturated carbocycles. The summed E-state index contributed by atoms with van der Waals surface area (Å²) in [6.45, 7) is 6.46. The van der Waals surface area contributed by atoms with Crippen LogP contribution in [0, 0.1) is 0 Å². The van der Waals surface area contributed by atoms with Crippen molar-refractivity contribution in [3.63, 3.8) is 0 Å². The van der Waals surface area contributed by atoms with Gasteiger partial charge in [0.1, 0.15) is 13.2 Å². The van der Waals surface area contributed by atoms with E-state index in [4.69, 9.17) is 14.2 Å². The first kappa shape index (κ1) is 59.9. The Bertz CT molecular complexity index is 1190. The number of unbranched alkanes of at least 4 members (excludes halogenated alkanes) is 24. The van der Waals surface area contributed by atoms with Crippen molar-refractivity contribution in [3.05, 3.63) is 72.9 Å². The van der Waals surface area contributed by atoms with Gasteiger partial charge in [0.05, 0.1) is 0 Å². The Morgan fingerprint density at radius 2 is 0.635 bits per heavy atom. The highest BCUT2D eigenvalue weighted by Crippen LogP contribution is 2.15. The first-order valence-electron chi connectivity index (χ1n) is 26.4. The molecule has 0 saturated heterocycles. The van der Waals surface area contributed by atoms with E-state index in [1.54, 1.807) is 0 Å². The van der Waals surface area contributed by atoms with Crippen molar-refractivity contribution in [2.24, 2.45) is 0 Å². The van der Waals surface area contributed by atoms with Crippen LogP contribution in [0.1, 0.15) is 252 Å². The maximum atomic E-state index is 12.8. The first-order valence-corrected chi connectivity index (χ1v) is 26.4. The van der Waals surface area contributed by atoms with E-state index in [1.807, 2.05) is 0 Å². The molecule has 0 N–H and O–H groups in total. The van der Waals surface area contributed by atoms with Crippen molar-refractivity contribution >= 4 is 17.9 Å². The third-order valence-corrected chi connectivity index (χ3v) is 11.2. The fourth-order valence-electron chi connectivity index (χ4n) is 7.24. The summed E-state index contributed by atoms with van der Waals surface area (Å²) in [5.41, 5.74) is 0. The summed E-state index contributed by atoms with van der Waals surface area (Å²) in [7, 11) is 0. The van der Waals surface area contributed by atoms with Gasteiger partial charge in [0, 0.05) is 19.3 Å². The minimum Gasteiger partial charge on any atom is -0.462 e. The van der Waals surface area contributed by atoms with Crippen molar-refractivity contribution in [1.29, 1.82) is 0 Å². The second kappa shape index (κ2) is 51.5. The van der Waals surface area contributed by atoms with E-state index in [9.17, 15) is 14.4 Å². The van der Waals surface area contributed by atoms with Gasteiger partial charge in [-0.15, -0.1) is 0 Å². The molecule has 1 atom stereocenters. The fourth-order valence-corrected chi connectivity index (χ4v) is 7.24. The zero-order chi connectivity index (χ0) is 45.8. The molecule has 0 aromatic carbocycles. The Balaban J connectivity index is 4.47. The minimum absolute atomic E-state index is 0.0957. The Kier molecular flexibility index (Phi) is 48.9. The van der Waals surface area contributed by atoms with E-state index in [0.717, 1.165) is 83.5 Å². The summed E-state index contributed by atoms with van der Waals surface area (Å²) < 4.78 is 16.8. The molecule has 63 heavy (non-hydrogen) atoms. The van der Waals surface area contributed by atoms with E-state index >= 15 is 0 Å². The molecule has 6 heteroatoms. The van der Waals surface area contributed by atoms with Gasteiger partial charge in [0.2, 0.25) is 0 Å². The lowest BCUT2D eigenvalue weighted by Crippen LogP contribution is -2.30. The summed E-state index contributed by atoms with van der Waals surface area (Å²) in [5.74, 6) is -0.959. The van der Waals surface area contributed by atoms with Gasteiger partial charge in [-0.05, 0) is 83.5 Å². The number of ether oxygens (including phenoxy) is 3. The Hall–Kier alpha value is -3.15. The lowest BCUT2D eigenvalue weighted by molar-refractivity contribution is -0.167. The predicted molar refractivity (Wildman–Crippen MR) is 270 cm³/mol. The quantitative estimate of drug-likeness (QED) is 0.0262. The van der Waals surface area contributed by atoms with Gasteiger partial charge >= 0.3 is 17.9 Å². The number of rotatable bonds is 47. The Morgan fingerprint density at radius 3 is 1.06 bits per heavy atom. The van der Waals surface area contributed by atoms with Crippen LogP contribution in [0.15, 0.2) is 72.9 Å². The second-order valence-corrected chi connectivity index (χ2v) is 17.4. The monoisotopic (exact) mass is 879 g/mol. The summed E-state index contributed by atoms with van der Waals surface area (Å²) in [6, 6.07) is 0. The fraction of sp³-hybridized carbons (Fsp3) is 0.737. The van der Waals surface area contributed by atoms with Crippen LogP contribution < -0.4 is 0 Å². The molecule has 0 bridgehead atoms. The van der Waals surface area contributed by atoms with Crippen molar-refractivity contribution in [2.45, 2.75) is 258 Å². The van der Waals surface area contributed by atoms with Crippen molar-refractivity contribution in [3.8, 4) is 0 Å². The number of hydrogen-bond acceptors (Lipinski definition) is 6. The molecule has 0 aliphatic carbocycles. The zero-order valence-electron chi connectivity index (χ0n) is 41.3. The first-order chi connectivity index (χ1) is 31.0. The van der Waals surface area contributed by atoms with Crippen LogP contribution in [0.5, 0.6) is 0 Å². The van der Waals surface area contributed by atoms with Gasteiger partial charge in [-0.25, -0.2) is 0 Å². The highest BCUT2D eigenvalue weighted by Gasteiger charge is 2.19. The number of carbonyl (C=O) groups excluding carboxylic acids is 3. The van der Waals surface area contributed by atoms with Crippen LogP contribution in [-0.2, 0) is 28.6 Å². The molecule has 362 valence electrons. The molecule has 0 radical (unpaired) electrons. The lowest BCUT2D eigenvalue weighted by Gasteiger charge is -2.18. The molecule has 0 rings (SSSR count). The normalized spacial score (nSPS) is 12.6. The zero-order valence-corrected chi connectivity index (χ0v) is 41.3. The number of esters is 3. The average Bonchev–Trinajstić information content (AvgIpc) is 3.28. The van der Waals surface area contributed by atoms with Gasteiger partial charge in [0.15, 0.2) is 6.10 Å². The van der Waals surface area contributed by atoms with Gasteiger partial charge in [0.25, 0.3) is 0 Å². The van der Waals surface area contributed by atoms with E-state index in [-0.39, 0.29) is 37.5 Å². The van der Waals surface area contributed by atoms with Crippen molar-refractivity contribution < 1.29 is 28.6 Å². The standard InChI is InChI=1S/C57H98O6/c1-4-7-10-13-16-19-22-25-27-28-30-32-35-38-41-44-47-50-56(59)62-53-54(52-61-55(58)49-46-43-40-37-34-31-24-21-18-15-12-9-6-3)63-57(60)51-48-45-42-39-36-33-29-26-23-20-17-14-11-8-5-2/h7,10,16,19,21,24-25,27,30,32,38,41,54H,4-6,8-9,11-15,17-18,20,22-23,26,28-29,31,33-37,39-40,42-53H2,1-3H3/b10-7-,19-16-,24-21-,27-25-,32-30-,41-38-. The molecule has 0 aliphatic rings. The molecule has 0 aliphatic heterocycles. The van der Waals surface area contributed by atoms with Crippen LogP contribution in [-0.4, -0.2) is 37.2 Å². The molecule has 1 unspecified atom stereocenters. The second-order valence-electron chi connectivity index (χ2n) is 17.4. The van der Waals surface area contributed by atoms with Crippen molar-refractivity contribution in [1.82, 2.24) is 0 Å². The topological polar surface area (TPSA) is 78.9 Å². The summed E-state index contributed by atoms with van der Waals surface area (Å²) in [6.07, 6.45) is 64.6. The number of hydrogen-bond donors (Lipinski definition) is 0. The Labute approximate surface area is 389 Å². The van der Waals surface area contributed by atoms with E-state index in [2.05, 4.69) is 93.7 Å². The van der Waals surface area contributed by atoms with Crippen LogP contribution in [0.4, 0.5) is 0 Å². The van der Waals surface area contributed by atoms with Crippen LogP contribution in [0.3, 0.4) is 0 Å². The maximum Gasteiger partial charge on any atom is 0.306 e. The summed E-state index contributed by atoms with van der Waals surface area (Å²) in [4.78, 5) is 38.0. The average molecular weight is 879 g/mol. The number of carbonyl (C=O) groups is 3. The molecule has 0 heterocycles. The van der Waals surface area contributed by atoms with Crippen LogP contribution in [0.2, 0.25) is 0 Å². The van der Waals surface area contributed by atoms with Gasteiger partial charge < -0.3 is 14.2 Å². The lowest BCUT2D eigenvalue weighted by atomic mass is 10.0. The van der Waals surface area contributed by atoms with E-state index < -0.39 is 6.10 Å². The van der Waals surface area contributed by atoms with Gasteiger partial charge in [-0.3, -0.25) is 14.4 Å². The van der Waals surface area contributed by atoms with Crippen LogP contribution >= 0.6 is 0 Å². The van der Waals surface area contributed by atoms with Crippen molar-refractivity contribution in [2.75, 3.05) is 13.2 Å². The third kappa shape index (κ3) is 49.7. The van der Waals surface area contributed by atoms with E-state index in [1.165, 1.54) is 122 Å². The molecule has 0 amide bonds. The highest BCUT2D eigenvalue weighted by molar-refractivity contribution is 5.71. The SMILES string of the molecule is CC/C=C\C/C=C\C/C=C\C/C=C\C/C=C\CCCC(=O)OCC(COC(=O)CCCCCCC/C=C\CCCCCC)OC(=O)CCCCCCCCCCCCCCCCC. The molecule has 0 aromatic heterocycles. The van der Waals surface area contributed by atoms with Gasteiger partial charge in [-0.1, -0.05) is 222 Å². The summed E-state index contributed by atoms with van der Waals surface area (Å²) in [5, 5.41) is 0. The predicted octanol–water partition coefficient (Wildman–Crippen LogP) is 17.4. The molecular formula is C57H98O6. The number of allylic oxidation sites excluding steroid dienone is 12.